The first-order valence-electron chi connectivity index (χ1n) is 10.3. The maximum absolute atomic E-state index is 11.8. The van der Waals surface area contributed by atoms with Crippen LogP contribution in [0.4, 0.5) is 0 Å². The average Bonchev–Trinajstić information content (AvgIpc) is 2.73. The van der Waals surface area contributed by atoms with Crippen molar-refractivity contribution in [2.75, 3.05) is 13.7 Å². The molecule has 2 N–H and O–H groups in total. The van der Waals surface area contributed by atoms with Gasteiger partial charge in [0, 0.05) is 19.0 Å². The minimum absolute atomic E-state index is 0.0311. The first-order valence-corrected chi connectivity index (χ1v) is 10.3. The van der Waals surface area contributed by atoms with Gasteiger partial charge >= 0.3 is 5.97 Å². The van der Waals surface area contributed by atoms with Gasteiger partial charge in [0.05, 0.1) is 7.11 Å². The third-order valence-corrected chi connectivity index (χ3v) is 4.70. The number of hydrogen-bond donors (Lipinski definition) is 2. The highest BCUT2D eigenvalue weighted by Gasteiger charge is 2.13. The van der Waals surface area contributed by atoms with Crippen LogP contribution in [0, 0.1) is 0 Å². The maximum Gasteiger partial charge on any atom is 0.303 e. The summed E-state index contributed by atoms with van der Waals surface area (Å²) in [5.41, 5.74) is 3.25. The molecule has 0 saturated heterocycles. The number of carboxylic acid groups (broad SMARTS) is 1. The molecule has 0 radical (unpaired) electrons. The van der Waals surface area contributed by atoms with E-state index in [1.807, 2.05) is 12.1 Å². The predicted molar refractivity (Wildman–Crippen MR) is 121 cm³/mol. The summed E-state index contributed by atoms with van der Waals surface area (Å²) in [5, 5.41) is 11.3. The van der Waals surface area contributed by atoms with E-state index < -0.39 is 5.97 Å². The summed E-state index contributed by atoms with van der Waals surface area (Å²) < 4.78 is 11.4. The molecule has 0 spiro atoms. The van der Waals surface area contributed by atoms with Gasteiger partial charge in [0.2, 0.25) is 5.91 Å². The molecule has 6 nitrogen and oxygen atoms in total. The lowest BCUT2D eigenvalue weighted by Crippen LogP contribution is -2.22. The number of hydrogen-bond acceptors (Lipinski definition) is 4. The van der Waals surface area contributed by atoms with E-state index >= 15 is 0 Å². The van der Waals surface area contributed by atoms with Crippen molar-refractivity contribution in [3.05, 3.63) is 65.2 Å². The molecule has 6 heteroatoms. The second kappa shape index (κ2) is 11.2. The molecule has 1 amide bonds. The molecule has 0 saturated carbocycles. The molecule has 31 heavy (non-hydrogen) atoms. The van der Waals surface area contributed by atoms with Crippen molar-refractivity contribution < 1.29 is 24.2 Å². The van der Waals surface area contributed by atoms with Crippen molar-refractivity contribution in [3.63, 3.8) is 0 Å². The summed E-state index contributed by atoms with van der Waals surface area (Å²) in [6.45, 7) is 7.30. The Morgan fingerprint density at radius 1 is 1.06 bits per heavy atom. The van der Waals surface area contributed by atoms with Crippen molar-refractivity contribution in [3.8, 4) is 11.5 Å². The molecule has 2 rings (SSSR count). The number of carbonyl (C=O) groups excluding carboxylic acids is 1. The molecule has 0 aliphatic carbocycles. The lowest BCUT2D eigenvalue weighted by molar-refractivity contribution is -0.137. The van der Waals surface area contributed by atoms with E-state index in [0.29, 0.717) is 31.1 Å². The van der Waals surface area contributed by atoms with Gasteiger partial charge in [-0.15, -0.1) is 0 Å². The molecule has 0 heterocycles. The Morgan fingerprint density at radius 2 is 1.77 bits per heavy atom. The fraction of sp³-hybridized carbons (Fsp3) is 0.360. The minimum Gasteiger partial charge on any atom is -0.493 e. The van der Waals surface area contributed by atoms with Gasteiger partial charge in [-0.05, 0) is 46.7 Å². The van der Waals surface area contributed by atoms with E-state index in [0.717, 1.165) is 11.1 Å². The highest BCUT2D eigenvalue weighted by Crippen LogP contribution is 2.29. The molecule has 2 aromatic rings. The lowest BCUT2D eigenvalue weighted by Gasteiger charge is -2.19. The van der Waals surface area contributed by atoms with E-state index in [4.69, 9.17) is 14.6 Å². The molecule has 0 aliphatic rings. The largest absolute Gasteiger partial charge is 0.493 e. The number of amides is 1. The van der Waals surface area contributed by atoms with Gasteiger partial charge in [-0.25, -0.2) is 0 Å². The Hall–Kier alpha value is -3.28. The summed E-state index contributed by atoms with van der Waals surface area (Å²) in [7, 11) is 1.57. The zero-order valence-electron chi connectivity index (χ0n) is 18.6. The predicted octanol–water partition coefficient (Wildman–Crippen LogP) is 4.57. The quantitative estimate of drug-likeness (QED) is 0.430. The molecule has 0 aliphatic heterocycles. The second-order valence-electron chi connectivity index (χ2n) is 8.27. The summed E-state index contributed by atoms with van der Waals surface area (Å²) in [6.07, 6.45) is 3.51. The number of rotatable bonds is 10. The zero-order valence-corrected chi connectivity index (χ0v) is 18.6. The van der Waals surface area contributed by atoms with E-state index in [9.17, 15) is 9.59 Å². The van der Waals surface area contributed by atoms with Crippen LogP contribution in [0.15, 0.2) is 48.5 Å². The molecular formula is C25H31NO5. The molecule has 0 aromatic heterocycles. The Labute approximate surface area is 183 Å². The van der Waals surface area contributed by atoms with E-state index in [1.165, 1.54) is 11.6 Å². The normalized spacial score (nSPS) is 11.4. The summed E-state index contributed by atoms with van der Waals surface area (Å²) >= 11 is 0. The number of aliphatic carboxylic acids is 1. The number of carboxylic acids is 1. The first-order chi connectivity index (χ1) is 14.7. The molecule has 0 atom stereocenters. The Kier molecular flexibility index (Phi) is 8.67. The Bertz CT molecular complexity index is 910. The van der Waals surface area contributed by atoms with E-state index in [1.54, 1.807) is 19.3 Å². The SMILES string of the molecule is COc1cc(/C=C/C(=O)NCCCC(=O)O)ccc1OCc1ccc(C(C)(C)C)cc1. The van der Waals surface area contributed by atoms with Crippen molar-refractivity contribution >= 4 is 18.0 Å². The molecule has 0 bridgehead atoms. The summed E-state index contributed by atoms with van der Waals surface area (Å²) in [5.74, 6) is 0.0532. The van der Waals surface area contributed by atoms with E-state index in [-0.39, 0.29) is 17.7 Å². The maximum atomic E-state index is 11.8. The van der Waals surface area contributed by atoms with Crippen LogP contribution in [-0.4, -0.2) is 30.6 Å². The third kappa shape index (κ3) is 8.16. The molecule has 2 aromatic carbocycles. The van der Waals surface area contributed by atoms with Gasteiger partial charge in [0.1, 0.15) is 6.61 Å². The van der Waals surface area contributed by atoms with Crippen LogP contribution in [0.1, 0.15) is 50.3 Å². The molecular weight excluding hydrogens is 394 g/mol. The fourth-order valence-electron chi connectivity index (χ4n) is 2.85. The Balaban J connectivity index is 1.93. The van der Waals surface area contributed by atoms with E-state index in [2.05, 4.69) is 50.4 Å². The van der Waals surface area contributed by atoms with Gasteiger partial charge in [-0.1, -0.05) is 51.1 Å². The fourth-order valence-corrected chi connectivity index (χ4v) is 2.85. The monoisotopic (exact) mass is 425 g/mol. The van der Waals surface area contributed by atoms with Crippen molar-refractivity contribution in [1.29, 1.82) is 0 Å². The van der Waals surface area contributed by atoms with Crippen LogP contribution in [0.5, 0.6) is 11.5 Å². The first kappa shape index (κ1) is 24.0. The minimum atomic E-state index is -0.874. The zero-order chi connectivity index (χ0) is 22.9. The van der Waals surface area contributed by atoms with Crippen molar-refractivity contribution in [2.24, 2.45) is 0 Å². The summed E-state index contributed by atoms with van der Waals surface area (Å²) in [6, 6.07) is 13.8. The number of nitrogens with one attached hydrogen (secondary N) is 1. The van der Waals surface area contributed by atoms with Gasteiger partial charge in [0.25, 0.3) is 0 Å². The van der Waals surface area contributed by atoms with Crippen LogP contribution in [0.25, 0.3) is 6.08 Å². The van der Waals surface area contributed by atoms with Gasteiger partial charge < -0.3 is 19.9 Å². The number of benzene rings is 2. The van der Waals surface area contributed by atoms with Gasteiger partial charge in [-0.3, -0.25) is 9.59 Å². The second-order valence-corrected chi connectivity index (χ2v) is 8.27. The number of ether oxygens (including phenoxy) is 2. The van der Waals surface area contributed by atoms with Gasteiger partial charge in [0.15, 0.2) is 11.5 Å². The Morgan fingerprint density at radius 3 is 2.39 bits per heavy atom. The summed E-state index contributed by atoms with van der Waals surface area (Å²) in [4.78, 5) is 22.3. The topological polar surface area (TPSA) is 84.9 Å². The van der Waals surface area contributed by atoms with Crippen LogP contribution < -0.4 is 14.8 Å². The van der Waals surface area contributed by atoms with Crippen LogP contribution >= 0.6 is 0 Å². The van der Waals surface area contributed by atoms with Crippen LogP contribution in [0.2, 0.25) is 0 Å². The van der Waals surface area contributed by atoms with Crippen molar-refractivity contribution in [1.82, 2.24) is 5.32 Å². The highest BCUT2D eigenvalue weighted by atomic mass is 16.5. The highest BCUT2D eigenvalue weighted by molar-refractivity contribution is 5.91. The molecule has 0 fully saturated rings. The van der Waals surface area contributed by atoms with Crippen LogP contribution in [-0.2, 0) is 21.6 Å². The van der Waals surface area contributed by atoms with Crippen LogP contribution in [0.3, 0.4) is 0 Å². The smallest absolute Gasteiger partial charge is 0.303 e. The average molecular weight is 426 g/mol. The standard InChI is InChI=1S/C25H31NO5/c1-25(2,3)20-11-7-19(8-12-20)17-31-21-13-9-18(16-22(21)30-4)10-14-23(27)26-15-5-6-24(28)29/h7-14,16H,5-6,15,17H2,1-4H3,(H,26,27)(H,28,29)/b14-10+. The lowest BCUT2D eigenvalue weighted by atomic mass is 9.87. The van der Waals surface area contributed by atoms with Crippen molar-refractivity contribution in [2.45, 2.75) is 45.6 Å². The van der Waals surface area contributed by atoms with Gasteiger partial charge in [-0.2, -0.15) is 0 Å². The third-order valence-electron chi connectivity index (χ3n) is 4.70. The number of methoxy groups -OCH3 is 1. The molecule has 166 valence electrons. The molecule has 0 unspecified atom stereocenters. The number of carbonyl (C=O) groups is 2.